The number of nitrogens with zero attached hydrogens (tertiary/aromatic N) is 4. The van der Waals surface area contributed by atoms with Crippen LogP contribution >= 0.6 is 35.3 Å². The van der Waals surface area contributed by atoms with Gasteiger partial charge in [-0.05, 0) is 30.3 Å². The lowest BCUT2D eigenvalue weighted by atomic mass is 10.3. The highest BCUT2D eigenvalue weighted by molar-refractivity contribution is 8.01. The summed E-state index contributed by atoms with van der Waals surface area (Å²) in [5.41, 5.74) is 0. The first-order valence-corrected chi connectivity index (χ1v) is 12.6. The van der Waals surface area contributed by atoms with Crippen molar-refractivity contribution in [1.29, 1.82) is 0 Å². The van der Waals surface area contributed by atoms with Gasteiger partial charge >= 0.3 is 0 Å². The van der Waals surface area contributed by atoms with E-state index in [0.717, 1.165) is 10.1 Å². The van der Waals surface area contributed by atoms with Crippen LogP contribution in [0.1, 0.15) is 13.8 Å². The lowest BCUT2D eigenvalue weighted by Crippen LogP contribution is -2.49. The monoisotopic (exact) mass is 462 g/mol. The van der Waals surface area contributed by atoms with Crippen molar-refractivity contribution in [3.8, 4) is 0 Å². The van der Waals surface area contributed by atoms with Gasteiger partial charge in [-0.1, -0.05) is 49.1 Å². The van der Waals surface area contributed by atoms with Crippen LogP contribution in [0.5, 0.6) is 0 Å². The number of halogens is 1. The summed E-state index contributed by atoms with van der Waals surface area (Å²) >= 11 is 8.62. The van der Waals surface area contributed by atoms with Gasteiger partial charge in [0, 0.05) is 31.9 Å². The van der Waals surface area contributed by atoms with E-state index in [2.05, 4.69) is 23.8 Å². The number of hydrogen-bond donors (Lipinski definition) is 0. The van der Waals surface area contributed by atoms with Crippen molar-refractivity contribution in [1.82, 2.24) is 19.0 Å². The number of piperazine rings is 1. The van der Waals surface area contributed by atoms with Gasteiger partial charge in [-0.2, -0.15) is 9.40 Å². The van der Waals surface area contributed by atoms with E-state index in [1.165, 1.54) is 39.9 Å². The van der Waals surface area contributed by atoms with Crippen molar-refractivity contribution in [2.45, 2.75) is 29.8 Å². The first kappa shape index (κ1) is 21.8. The van der Waals surface area contributed by atoms with Gasteiger partial charge in [0.05, 0.1) is 6.67 Å². The normalized spacial score (nSPS) is 16.7. The molecule has 0 spiro atoms. The van der Waals surface area contributed by atoms with Crippen LogP contribution in [-0.4, -0.2) is 59.3 Å². The molecule has 1 aromatic heterocycles. The van der Waals surface area contributed by atoms with Crippen LogP contribution in [0.2, 0.25) is 0 Å². The molecule has 11 heteroatoms. The molecule has 0 N–H and O–H groups in total. The van der Waals surface area contributed by atoms with Crippen molar-refractivity contribution in [2.75, 3.05) is 31.9 Å². The van der Waals surface area contributed by atoms with Crippen molar-refractivity contribution in [2.24, 2.45) is 5.92 Å². The second-order valence-corrected chi connectivity index (χ2v) is 11.7. The molecule has 1 fully saturated rings. The van der Waals surface area contributed by atoms with Crippen molar-refractivity contribution in [3.05, 3.63) is 34.0 Å². The number of benzene rings is 1. The summed E-state index contributed by atoms with van der Waals surface area (Å²) in [7, 11) is -3.82. The average molecular weight is 463 g/mol. The number of aromatic nitrogens is 2. The minimum atomic E-state index is -3.82. The largest absolute Gasteiger partial charge is 0.282 e. The zero-order valence-corrected chi connectivity index (χ0v) is 19.0. The van der Waals surface area contributed by atoms with Crippen LogP contribution in [0.15, 0.2) is 33.5 Å². The van der Waals surface area contributed by atoms with Gasteiger partial charge in [-0.25, -0.2) is 17.5 Å². The molecule has 0 unspecified atom stereocenters. The molecular formula is C17H23FN4O2S4. The molecule has 154 valence electrons. The Morgan fingerprint density at radius 2 is 1.93 bits per heavy atom. The molecule has 1 saturated heterocycles. The van der Waals surface area contributed by atoms with E-state index in [1.807, 2.05) is 0 Å². The number of rotatable bonds is 7. The van der Waals surface area contributed by atoms with Gasteiger partial charge in [-0.3, -0.25) is 4.90 Å². The maximum atomic E-state index is 13.9. The maximum absolute atomic E-state index is 13.9. The van der Waals surface area contributed by atoms with Gasteiger partial charge in [0.2, 0.25) is 10.0 Å². The van der Waals surface area contributed by atoms with Crippen LogP contribution in [-0.2, 0) is 16.7 Å². The summed E-state index contributed by atoms with van der Waals surface area (Å²) in [6.45, 7) is 6.57. The molecular weight excluding hydrogens is 439 g/mol. The molecule has 0 radical (unpaired) electrons. The average Bonchev–Trinajstić information content (AvgIpc) is 3.00. The molecule has 1 aromatic carbocycles. The Labute approximate surface area is 178 Å². The van der Waals surface area contributed by atoms with E-state index in [4.69, 9.17) is 12.2 Å². The highest BCUT2D eigenvalue weighted by atomic mass is 32.2. The van der Waals surface area contributed by atoms with Crippen molar-refractivity contribution < 1.29 is 12.8 Å². The van der Waals surface area contributed by atoms with E-state index < -0.39 is 15.8 Å². The third-order valence-corrected chi connectivity index (χ3v) is 9.05. The number of sulfonamides is 1. The Morgan fingerprint density at radius 1 is 1.25 bits per heavy atom. The third kappa shape index (κ3) is 5.19. The predicted molar refractivity (Wildman–Crippen MR) is 113 cm³/mol. The van der Waals surface area contributed by atoms with E-state index in [0.29, 0.717) is 42.7 Å². The summed E-state index contributed by atoms with van der Waals surface area (Å²) < 4.78 is 44.1. The highest BCUT2D eigenvalue weighted by Crippen LogP contribution is 2.25. The van der Waals surface area contributed by atoms with E-state index in [9.17, 15) is 12.8 Å². The highest BCUT2D eigenvalue weighted by Gasteiger charge is 2.30. The quantitative estimate of drug-likeness (QED) is 0.464. The topological polar surface area (TPSA) is 58.4 Å². The fraction of sp³-hybridized carbons (Fsp3) is 0.529. The molecule has 0 saturated carbocycles. The Kier molecular flexibility index (Phi) is 7.26. The van der Waals surface area contributed by atoms with Gasteiger partial charge in [0.1, 0.15) is 10.7 Å². The first-order valence-electron chi connectivity index (χ1n) is 8.95. The van der Waals surface area contributed by atoms with Crippen LogP contribution < -0.4 is 0 Å². The lowest BCUT2D eigenvalue weighted by molar-refractivity contribution is 0.144. The predicted octanol–water partition coefficient (Wildman–Crippen LogP) is 3.53. The summed E-state index contributed by atoms with van der Waals surface area (Å²) in [6.07, 6.45) is 0. The van der Waals surface area contributed by atoms with E-state index in [-0.39, 0.29) is 4.90 Å². The van der Waals surface area contributed by atoms with Gasteiger partial charge in [0.15, 0.2) is 8.29 Å². The van der Waals surface area contributed by atoms with Gasteiger partial charge in [-0.15, -0.1) is 0 Å². The SMILES string of the molecule is CC(C)CSc1nn(CN2CCN(S(=O)(=O)c3ccccc3F)CC2)c(=S)s1. The lowest BCUT2D eigenvalue weighted by Gasteiger charge is -2.33. The Morgan fingerprint density at radius 3 is 2.57 bits per heavy atom. The molecule has 2 heterocycles. The molecule has 0 amide bonds. The fourth-order valence-corrected chi connectivity index (χ4v) is 6.55. The summed E-state index contributed by atoms with van der Waals surface area (Å²) in [5.74, 6) is 0.861. The van der Waals surface area contributed by atoms with Crippen molar-refractivity contribution >= 4 is 45.3 Å². The van der Waals surface area contributed by atoms with E-state index >= 15 is 0 Å². The third-order valence-electron chi connectivity index (χ3n) is 4.25. The zero-order valence-electron chi connectivity index (χ0n) is 15.7. The Bertz CT molecular complexity index is 966. The molecule has 0 atom stereocenters. The standard InChI is InChI=1S/C17H23FN4O2S4/c1-13(2)11-26-16-19-22(17(25)27-16)12-20-7-9-21(10-8-20)28(23,24)15-6-4-3-5-14(15)18/h3-6,13H,7-12H2,1-2H3. The smallest absolute Gasteiger partial charge is 0.246 e. The second kappa shape index (κ2) is 9.31. The van der Waals surface area contributed by atoms with Crippen LogP contribution in [0.3, 0.4) is 0 Å². The fourth-order valence-electron chi connectivity index (χ4n) is 2.77. The molecule has 2 aromatic rings. The number of thioether (sulfide) groups is 1. The van der Waals surface area contributed by atoms with Gasteiger partial charge in [0.25, 0.3) is 0 Å². The van der Waals surface area contributed by atoms with Crippen LogP contribution in [0.25, 0.3) is 0 Å². The van der Waals surface area contributed by atoms with Gasteiger partial charge < -0.3 is 0 Å². The second-order valence-electron chi connectivity index (χ2n) is 6.93. The Balaban J connectivity index is 1.60. The first-order chi connectivity index (χ1) is 13.3. The molecule has 0 aliphatic carbocycles. The van der Waals surface area contributed by atoms with E-state index in [1.54, 1.807) is 16.4 Å². The van der Waals surface area contributed by atoms with Crippen LogP contribution in [0.4, 0.5) is 4.39 Å². The zero-order chi connectivity index (χ0) is 20.3. The molecule has 3 rings (SSSR count). The van der Waals surface area contributed by atoms with Crippen molar-refractivity contribution in [3.63, 3.8) is 0 Å². The molecule has 28 heavy (non-hydrogen) atoms. The molecule has 0 bridgehead atoms. The molecule has 6 nitrogen and oxygen atoms in total. The minimum absolute atomic E-state index is 0.267. The Hall–Kier alpha value is -0.850. The summed E-state index contributed by atoms with van der Waals surface area (Å²) in [5, 5.41) is 4.57. The summed E-state index contributed by atoms with van der Waals surface area (Å²) in [4.78, 5) is 1.84. The molecule has 1 aliphatic heterocycles. The number of hydrogen-bond acceptors (Lipinski definition) is 7. The summed E-state index contributed by atoms with van der Waals surface area (Å²) in [6, 6.07) is 5.49. The molecule has 1 aliphatic rings. The maximum Gasteiger partial charge on any atom is 0.246 e. The van der Waals surface area contributed by atoms with Crippen LogP contribution in [0, 0.1) is 15.7 Å². The minimum Gasteiger partial charge on any atom is -0.282 e.